The van der Waals surface area contributed by atoms with Crippen molar-refractivity contribution in [3.05, 3.63) is 36.9 Å². The summed E-state index contributed by atoms with van der Waals surface area (Å²) in [5.74, 6) is 0.418. The van der Waals surface area contributed by atoms with Crippen LogP contribution in [0.25, 0.3) is 0 Å². The van der Waals surface area contributed by atoms with E-state index in [1.807, 2.05) is 12.1 Å². The molecule has 25 heavy (non-hydrogen) atoms. The summed E-state index contributed by atoms with van der Waals surface area (Å²) in [4.78, 5) is 23.7. The minimum absolute atomic E-state index is 0.0435. The van der Waals surface area contributed by atoms with Gasteiger partial charge in [0.15, 0.2) is 0 Å². The predicted octanol–water partition coefficient (Wildman–Crippen LogP) is 3.02. The number of hydrogen-bond acceptors (Lipinski definition) is 3. The van der Waals surface area contributed by atoms with E-state index in [1.54, 1.807) is 6.92 Å². The highest BCUT2D eigenvalue weighted by molar-refractivity contribution is 8.13. The van der Waals surface area contributed by atoms with E-state index in [9.17, 15) is 9.59 Å². The Morgan fingerprint density at radius 2 is 1.92 bits per heavy atom. The summed E-state index contributed by atoms with van der Waals surface area (Å²) in [6, 6.07) is 8.02. The van der Waals surface area contributed by atoms with Crippen molar-refractivity contribution >= 4 is 33.5 Å². The Morgan fingerprint density at radius 3 is 2.44 bits per heavy atom. The Kier molecular flexibility index (Phi) is 7.40. The molecule has 1 unspecified atom stereocenters. The molecule has 5 nitrogen and oxygen atoms in total. The zero-order chi connectivity index (χ0) is 18.2. The van der Waals surface area contributed by atoms with Crippen molar-refractivity contribution in [2.75, 3.05) is 25.0 Å². The number of carbonyl (C=O) groups excluding carboxylic acids is 2. The molecule has 136 valence electrons. The van der Waals surface area contributed by atoms with Crippen LogP contribution >= 0.6 is 10.7 Å². The van der Waals surface area contributed by atoms with Crippen LogP contribution in [0.5, 0.6) is 0 Å². The van der Waals surface area contributed by atoms with E-state index in [4.69, 9.17) is 0 Å². The Hall–Kier alpha value is -1.92. The Labute approximate surface area is 152 Å². The summed E-state index contributed by atoms with van der Waals surface area (Å²) in [5, 5.41) is 7.94. The summed E-state index contributed by atoms with van der Waals surface area (Å²) >= 11 is 0. The highest BCUT2D eigenvalue weighted by Gasteiger charge is 2.21. The average molecular weight is 362 g/mol. The van der Waals surface area contributed by atoms with Crippen LogP contribution in [0.1, 0.15) is 26.7 Å². The fraction of sp³-hybridized carbons (Fsp3) is 0.421. The number of benzene rings is 1. The third-order valence-electron chi connectivity index (χ3n) is 4.26. The highest BCUT2D eigenvalue weighted by Crippen LogP contribution is 2.34. The van der Waals surface area contributed by atoms with Crippen LogP contribution in [0.4, 0.5) is 5.69 Å². The standard InChI is InChI=1S/C19H27N3O2S/c1-4-19(24)21-17-6-8-18(9-7-17)25(5-2)22-12-10-16(11-13-22)14-20-15(3)23/h4-9,16H,1,10-14H2,2-3H3,(H,20,23)(H,21,24). The van der Waals surface area contributed by atoms with E-state index in [2.05, 4.69) is 45.9 Å². The van der Waals surface area contributed by atoms with Gasteiger partial charge >= 0.3 is 0 Å². The number of carbonyl (C=O) groups is 2. The van der Waals surface area contributed by atoms with Gasteiger partial charge in [-0.3, -0.25) is 13.9 Å². The van der Waals surface area contributed by atoms with E-state index < -0.39 is 0 Å². The smallest absolute Gasteiger partial charge is 0.247 e. The molecule has 1 aromatic rings. The van der Waals surface area contributed by atoms with Gasteiger partial charge in [0, 0.05) is 37.1 Å². The molecule has 2 amide bonds. The number of hydrogen-bond donors (Lipinski definition) is 2. The summed E-state index contributed by atoms with van der Waals surface area (Å²) in [5.41, 5.74) is 0.780. The molecular weight excluding hydrogens is 334 g/mol. The molecule has 0 radical (unpaired) electrons. The lowest BCUT2D eigenvalue weighted by Crippen LogP contribution is -2.36. The summed E-state index contributed by atoms with van der Waals surface area (Å²) in [6.45, 7) is 9.98. The minimum Gasteiger partial charge on any atom is -0.356 e. The number of nitrogens with zero attached hydrogens (tertiary/aromatic N) is 1. The van der Waals surface area contributed by atoms with Gasteiger partial charge in [0.25, 0.3) is 0 Å². The fourth-order valence-corrected chi connectivity index (χ4v) is 4.79. The molecule has 0 saturated carbocycles. The van der Waals surface area contributed by atoms with Crippen molar-refractivity contribution in [3.8, 4) is 0 Å². The zero-order valence-corrected chi connectivity index (χ0v) is 15.8. The van der Waals surface area contributed by atoms with Gasteiger partial charge in [0.1, 0.15) is 0 Å². The largest absolute Gasteiger partial charge is 0.356 e. The van der Waals surface area contributed by atoms with Gasteiger partial charge in [-0.1, -0.05) is 17.2 Å². The van der Waals surface area contributed by atoms with Gasteiger partial charge in [-0.2, -0.15) is 0 Å². The maximum atomic E-state index is 11.4. The summed E-state index contributed by atoms with van der Waals surface area (Å²) in [7, 11) is -0.0435. The highest BCUT2D eigenvalue weighted by atomic mass is 32.2. The van der Waals surface area contributed by atoms with E-state index in [-0.39, 0.29) is 22.5 Å². The first-order valence-electron chi connectivity index (χ1n) is 8.59. The third-order valence-corrected chi connectivity index (χ3v) is 6.39. The van der Waals surface area contributed by atoms with Gasteiger partial charge in [-0.05, 0) is 61.4 Å². The Morgan fingerprint density at radius 1 is 1.28 bits per heavy atom. The van der Waals surface area contributed by atoms with Crippen molar-refractivity contribution in [1.29, 1.82) is 0 Å². The van der Waals surface area contributed by atoms with Crippen molar-refractivity contribution in [3.63, 3.8) is 0 Å². The first-order valence-corrected chi connectivity index (χ1v) is 9.83. The van der Waals surface area contributed by atoms with E-state index in [1.165, 1.54) is 11.0 Å². The van der Waals surface area contributed by atoms with Crippen molar-refractivity contribution in [2.24, 2.45) is 5.92 Å². The molecule has 0 aromatic heterocycles. The van der Waals surface area contributed by atoms with Gasteiger partial charge < -0.3 is 10.6 Å². The van der Waals surface area contributed by atoms with Crippen molar-refractivity contribution in [2.45, 2.75) is 31.6 Å². The number of piperidine rings is 1. The van der Waals surface area contributed by atoms with E-state index in [0.717, 1.165) is 38.2 Å². The Bertz CT molecular complexity index is 647. The monoisotopic (exact) mass is 361 g/mol. The molecule has 2 N–H and O–H groups in total. The van der Waals surface area contributed by atoms with Crippen LogP contribution in [0.2, 0.25) is 0 Å². The first-order chi connectivity index (χ1) is 12.0. The van der Waals surface area contributed by atoms with Crippen LogP contribution in [0.15, 0.2) is 41.8 Å². The molecule has 1 aliphatic rings. The Balaban J connectivity index is 1.95. The van der Waals surface area contributed by atoms with Gasteiger partial charge in [-0.25, -0.2) is 0 Å². The maximum Gasteiger partial charge on any atom is 0.247 e. The normalized spacial score (nSPS) is 17.0. The van der Waals surface area contributed by atoms with E-state index in [0.29, 0.717) is 5.92 Å². The summed E-state index contributed by atoms with van der Waals surface area (Å²) in [6.07, 6.45) is 3.47. The lowest BCUT2D eigenvalue weighted by atomic mass is 9.98. The fourth-order valence-electron chi connectivity index (χ4n) is 2.90. The lowest BCUT2D eigenvalue weighted by molar-refractivity contribution is -0.119. The van der Waals surface area contributed by atoms with Crippen LogP contribution in [-0.2, 0) is 9.59 Å². The van der Waals surface area contributed by atoms with Crippen LogP contribution in [0, 0.1) is 5.92 Å². The molecule has 0 aliphatic carbocycles. The van der Waals surface area contributed by atoms with E-state index >= 15 is 0 Å². The maximum absolute atomic E-state index is 11.4. The molecule has 1 aromatic carbocycles. The van der Waals surface area contributed by atoms with Crippen LogP contribution < -0.4 is 10.6 Å². The van der Waals surface area contributed by atoms with Crippen LogP contribution in [0.3, 0.4) is 0 Å². The molecule has 0 spiro atoms. The number of rotatable bonds is 6. The molecule has 1 atom stereocenters. The molecule has 1 saturated heterocycles. The lowest BCUT2D eigenvalue weighted by Gasteiger charge is -2.34. The van der Waals surface area contributed by atoms with Crippen molar-refractivity contribution in [1.82, 2.24) is 9.62 Å². The topological polar surface area (TPSA) is 61.4 Å². The zero-order valence-electron chi connectivity index (χ0n) is 15.0. The quantitative estimate of drug-likeness (QED) is 0.605. The second-order valence-corrected chi connectivity index (χ2v) is 8.17. The van der Waals surface area contributed by atoms with Crippen LogP contribution in [-0.4, -0.2) is 41.1 Å². The molecule has 2 rings (SSSR count). The minimum atomic E-state index is -0.199. The van der Waals surface area contributed by atoms with Crippen molar-refractivity contribution < 1.29 is 9.59 Å². The second kappa shape index (κ2) is 9.53. The van der Waals surface area contributed by atoms with Gasteiger partial charge in [0.05, 0.1) is 0 Å². The number of anilines is 1. The molecular formula is C19H27N3O2S. The molecule has 0 bridgehead atoms. The average Bonchev–Trinajstić information content (AvgIpc) is 2.63. The van der Waals surface area contributed by atoms with Gasteiger partial charge in [0.2, 0.25) is 11.8 Å². The predicted molar refractivity (Wildman–Crippen MR) is 106 cm³/mol. The molecule has 1 aliphatic heterocycles. The third kappa shape index (κ3) is 5.83. The molecule has 1 heterocycles. The molecule has 6 heteroatoms. The number of nitrogens with one attached hydrogen (secondary N) is 2. The SMILES string of the molecule is C=CC(=O)Nc1ccc(S(=CC)N2CCC(CNC(C)=O)CC2)cc1. The summed E-state index contributed by atoms with van der Waals surface area (Å²) < 4.78 is 2.50. The first kappa shape index (κ1) is 19.4. The second-order valence-electron chi connectivity index (χ2n) is 6.08. The van der Waals surface area contributed by atoms with Gasteiger partial charge in [-0.15, -0.1) is 0 Å². The molecule has 1 fully saturated rings. The number of amides is 2.